The molecule has 13 nitrogen and oxygen atoms in total. The summed E-state index contributed by atoms with van der Waals surface area (Å²) in [5.41, 5.74) is 13.6. The number of nitrogens with one attached hydrogen (secondary N) is 6. The second-order valence-corrected chi connectivity index (χ2v) is 17.9. The van der Waals surface area contributed by atoms with Gasteiger partial charge in [-0.2, -0.15) is 0 Å². The van der Waals surface area contributed by atoms with Crippen LogP contribution < -0.4 is 38.1 Å². The number of guanidine groups is 1. The quantitative estimate of drug-likeness (QED) is 0.0304. The van der Waals surface area contributed by atoms with Crippen LogP contribution in [0.25, 0.3) is 10.9 Å². The molecule has 2 aromatic carbocycles. The molecular weight excluding hydrogens is 735 g/mol. The van der Waals surface area contributed by atoms with Gasteiger partial charge in [-0.15, -0.1) is 0 Å². The molecule has 4 amide bonds. The maximum atomic E-state index is 14.2. The highest BCUT2D eigenvalue weighted by Gasteiger charge is 2.38. The van der Waals surface area contributed by atoms with Gasteiger partial charge in [0.1, 0.15) is 16.8 Å². The first kappa shape index (κ1) is 45.2. The van der Waals surface area contributed by atoms with Gasteiger partial charge in [-0.3, -0.25) is 24.2 Å². The van der Waals surface area contributed by atoms with E-state index in [1.54, 1.807) is 13.2 Å². The summed E-state index contributed by atoms with van der Waals surface area (Å²) in [6.45, 7) is 12.8. The van der Waals surface area contributed by atoms with E-state index < -0.39 is 34.2 Å². The Morgan fingerprint density at radius 1 is 0.873 bits per heavy atom. The number of aliphatic imine (C=N–C) groups is 1. The highest BCUT2D eigenvalue weighted by Crippen LogP contribution is 2.40. The molecule has 0 radical (unpaired) electrons. The van der Waals surface area contributed by atoms with Crippen molar-refractivity contribution in [2.24, 2.45) is 22.4 Å². The van der Waals surface area contributed by atoms with Crippen molar-refractivity contribution in [2.75, 3.05) is 25.9 Å². The lowest BCUT2D eigenvalue weighted by Gasteiger charge is -2.32. The summed E-state index contributed by atoms with van der Waals surface area (Å²) in [5, 5.41) is 16.3. The van der Waals surface area contributed by atoms with Gasteiger partial charge in [0.15, 0.2) is 5.96 Å². The normalized spacial score (nSPS) is 15.2. The first-order chi connectivity index (χ1) is 26.1. The fourth-order valence-corrected chi connectivity index (χ4v) is 9.33. The van der Waals surface area contributed by atoms with E-state index in [0.29, 0.717) is 38.1 Å². The number of fused-ring (bicyclic) bond motifs is 1. The van der Waals surface area contributed by atoms with Crippen LogP contribution >= 0.6 is 21.6 Å². The van der Waals surface area contributed by atoms with E-state index in [-0.39, 0.29) is 42.6 Å². The molecule has 302 valence electrons. The number of aromatic nitrogens is 1. The monoisotopic (exact) mass is 795 g/mol. The Labute approximate surface area is 333 Å². The SMILES string of the molecule is CN=C(N)NCCC[C@H](NC(=O)[C@@](C)(CC(C)C)SSCCNC(=O)C(C)(Cc1ccccc1)NC(C)C)C(=O)NC(Cc1c[nH]c2ccccc12)C(N)=O. The molecule has 1 heterocycles. The summed E-state index contributed by atoms with van der Waals surface area (Å²) in [6.07, 6.45) is 3.83. The molecule has 0 spiro atoms. The van der Waals surface area contributed by atoms with Gasteiger partial charge >= 0.3 is 0 Å². The van der Waals surface area contributed by atoms with Crippen molar-refractivity contribution in [1.82, 2.24) is 31.6 Å². The van der Waals surface area contributed by atoms with Crippen LogP contribution in [0.4, 0.5) is 0 Å². The molecular formula is C40H61N9O4S2. The van der Waals surface area contributed by atoms with E-state index in [1.807, 2.05) is 96.1 Å². The van der Waals surface area contributed by atoms with E-state index in [1.165, 1.54) is 21.6 Å². The lowest BCUT2D eigenvalue weighted by molar-refractivity contribution is -0.132. The lowest BCUT2D eigenvalue weighted by Crippen LogP contribution is -2.58. The minimum atomic E-state index is -1.00. The average molecular weight is 796 g/mol. The zero-order chi connectivity index (χ0) is 40.6. The van der Waals surface area contributed by atoms with Gasteiger partial charge in [0.2, 0.25) is 23.6 Å². The van der Waals surface area contributed by atoms with Gasteiger partial charge in [0.05, 0.1) is 5.54 Å². The largest absolute Gasteiger partial charge is 0.370 e. The number of nitrogens with two attached hydrogens (primary N) is 2. The number of hydrogen-bond acceptors (Lipinski definition) is 8. The molecule has 0 aliphatic heterocycles. The third-order valence-electron chi connectivity index (χ3n) is 9.10. The third-order valence-corrected chi connectivity index (χ3v) is 12.3. The molecule has 3 rings (SSSR count). The van der Waals surface area contributed by atoms with Crippen molar-refractivity contribution in [3.63, 3.8) is 0 Å². The molecule has 15 heteroatoms. The van der Waals surface area contributed by atoms with Gasteiger partial charge < -0.3 is 43.0 Å². The number of carbonyl (C=O) groups excluding carboxylic acids is 4. The number of aromatic amines is 1. The Kier molecular flexibility index (Phi) is 17.9. The highest BCUT2D eigenvalue weighted by atomic mass is 33.1. The fourth-order valence-electron chi connectivity index (χ4n) is 6.55. The smallest absolute Gasteiger partial charge is 0.243 e. The summed E-state index contributed by atoms with van der Waals surface area (Å²) in [7, 11) is 4.50. The maximum absolute atomic E-state index is 14.2. The first-order valence-electron chi connectivity index (χ1n) is 18.9. The number of benzene rings is 2. The molecule has 1 aromatic heterocycles. The summed E-state index contributed by atoms with van der Waals surface area (Å²) >= 11 is 0. The van der Waals surface area contributed by atoms with Crippen LogP contribution in [0.3, 0.4) is 0 Å². The highest BCUT2D eigenvalue weighted by molar-refractivity contribution is 8.77. The van der Waals surface area contributed by atoms with Gasteiger partial charge in [-0.1, -0.05) is 84.0 Å². The van der Waals surface area contributed by atoms with Gasteiger partial charge in [0, 0.05) is 55.5 Å². The number of nitrogens with zero attached hydrogens (tertiary/aromatic N) is 1. The Balaban J connectivity index is 1.69. The third kappa shape index (κ3) is 14.4. The molecule has 0 saturated heterocycles. The van der Waals surface area contributed by atoms with Crippen LogP contribution in [0, 0.1) is 5.92 Å². The van der Waals surface area contributed by atoms with Crippen molar-refractivity contribution >= 4 is 62.1 Å². The Morgan fingerprint density at radius 2 is 1.56 bits per heavy atom. The fraction of sp³-hybridized carbons (Fsp3) is 0.525. The number of hydrogen-bond donors (Lipinski definition) is 8. The number of para-hydroxylation sites is 1. The van der Waals surface area contributed by atoms with Crippen molar-refractivity contribution < 1.29 is 19.2 Å². The van der Waals surface area contributed by atoms with E-state index >= 15 is 0 Å². The minimum Gasteiger partial charge on any atom is -0.370 e. The summed E-state index contributed by atoms with van der Waals surface area (Å²) in [5.74, 6) is -0.570. The van der Waals surface area contributed by atoms with Gasteiger partial charge in [0.25, 0.3) is 0 Å². The van der Waals surface area contributed by atoms with Crippen molar-refractivity contribution in [2.45, 2.75) is 102 Å². The zero-order valence-corrected chi connectivity index (χ0v) is 34.9. The van der Waals surface area contributed by atoms with E-state index in [0.717, 1.165) is 22.0 Å². The summed E-state index contributed by atoms with van der Waals surface area (Å²) < 4.78 is -0.910. The van der Waals surface area contributed by atoms with Crippen LogP contribution in [-0.2, 0) is 32.0 Å². The maximum Gasteiger partial charge on any atom is 0.243 e. The second kappa shape index (κ2) is 21.8. The van der Waals surface area contributed by atoms with Gasteiger partial charge in [-0.05, 0) is 76.5 Å². The van der Waals surface area contributed by atoms with Crippen LogP contribution in [-0.4, -0.2) is 88.9 Å². The predicted octanol–water partition coefficient (Wildman–Crippen LogP) is 3.78. The Bertz CT molecular complexity index is 1740. The molecule has 0 aliphatic carbocycles. The van der Waals surface area contributed by atoms with Crippen LogP contribution in [0.5, 0.6) is 0 Å². The first-order valence-corrected chi connectivity index (χ1v) is 21.2. The number of carbonyl (C=O) groups is 4. The Morgan fingerprint density at radius 3 is 2.22 bits per heavy atom. The topological polar surface area (TPSA) is 209 Å². The second-order valence-electron chi connectivity index (χ2n) is 15.0. The Hall–Kier alpha value is -4.21. The number of amides is 4. The van der Waals surface area contributed by atoms with Crippen LogP contribution in [0.1, 0.15) is 71.9 Å². The predicted molar refractivity (Wildman–Crippen MR) is 228 cm³/mol. The standard InChI is InChI=1S/C40H61N9O4S2/c1-26(2)23-40(6,55-54-21-20-44-36(52)39(5,49-27(3)4)24-28-14-9-8-10-15-28)37(53)48-32(18-13-19-45-38(42)43-7)35(51)47-33(34(41)50)22-29-25-46-31-17-12-11-16-30(29)31/h8-12,14-17,25-27,32-33,46,49H,13,18-24H2,1-7H3,(H2,41,50)(H,44,52)(H,47,51)(H,48,53)(H3,42,43,45)/t32-,33?,39?,40+/m0/s1. The number of primary amides is 1. The average Bonchev–Trinajstić information content (AvgIpc) is 3.54. The molecule has 0 bridgehead atoms. The minimum absolute atomic E-state index is 0.0902. The van der Waals surface area contributed by atoms with Crippen molar-refractivity contribution in [3.05, 3.63) is 71.9 Å². The van der Waals surface area contributed by atoms with Gasteiger partial charge in [-0.25, -0.2) is 0 Å². The summed E-state index contributed by atoms with van der Waals surface area (Å²) in [4.78, 5) is 61.2. The van der Waals surface area contributed by atoms with Crippen LogP contribution in [0.2, 0.25) is 0 Å². The molecule has 2 unspecified atom stereocenters. The molecule has 10 N–H and O–H groups in total. The van der Waals surface area contributed by atoms with E-state index in [2.05, 4.69) is 36.6 Å². The number of rotatable bonds is 23. The number of H-pyrrole nitrogens is 1. The molecule has 0 saturated carbocycles. The van der Waals surface area contributed by atoms with Crippen molar-refractivity contribution in [3.8, 4) is 0 Å². The van der Waals surface area contributed by atoms with E-state index in [9.17, 15) is 19.2 Å². The molecule has 4 atom stereocenters. The van der Waals surface area contributed by atoms with Crippen molar-refractivity contribution in [1.29, 1.82) is 0 Å². The van der Waals surface area contributed by atoms with Crippen LogP contribution in [0.15, 0.2) is 65.8 Å². The van der Waals surface area contributed by atoms with E-state index in [4.69, 9.17) is 11.5 Å². The summed E-state index contributed by atoms with van der Waals surface area (Å²) in [6, 6.07) is 15.8. The molecule has 55 heavy (non-hydrogen) atoms. The molecule has 3 aromatic rings. The zero-order valence-electron chi connectivity index (χ0n) is 33.3. The molecule has 0 fully saturated rings. The molecule has 0 aliphatic rings. The lowest BCUT2D eigenvalue weighted by atomic mass is 9.91.